The standard InChI is InChI=1S/C14H19NO/c1-10-7-11(2)14(15-9-10)13(16)8-12-5-3-4-6-12/h7,9,12H,3-6,8H2,1-2H3. The van der Waals surface area contributed by atoms with Gasteiger partial charge in [-0.05, 0) is 30.9 Å². The summed E-state index contributed by atoms with van der Waals surface area (Å²) in [5.74, 6) is 0.833. The van der Waals surface area contributed by atoms with E-state index in [1.807, 2.05) is 19.9 Å². The molecule has 0 aliphatic heterocycles. The first-order chi connectivity index (χ1) is 7.66. The Morgan fingerprint density at radius 3 is 2.69 bits per heavy atom. The summed E-state index contributed by atoms with van der Waals surface area (Å²) >= 11 is 0. The zero-order chi connectivity index (χ0) is 11.5. The minimum Gasteiger partial charge on any atom is -0.292 e. The topological polar surface area (TPSA) is 30.0 Å². The number of aromatic nitrogens is 1. The predicted molar refractivity (Wildman–Crippen MR) is 64.6 cm³/mol. The van der Waals surface area contributed by atoms with Crippen LogP contribution in [0.1, 0.15) is 53.7 Å². The first kappa shape index (κ1) is 11.3. The van der Waals surface area contributed by atoms with Gasteiger partial charge in [0, 0.05) is 12.6 Å². The third-order valence-corrected chi connectivity index (χ3v) is 3.43. The molecule has 0 atom stereocenters. The molecular weight excluding hydrogens is 198 g/mol. The van der Waals surface area contributed by atoms with Gasteiger partial charge in [-0.2, -0.15) is 0 Å². The molecule has 0 bridgehead atoms. The lowest BCUT2D eigenvalue weighted by molar-refractivity contribution is 0.0956. The summed E-state index contributed by atoms with van der Waals surface area (Å²) in [7, 11) is 0. The number of aryl methyl sites for hydroxylation is 2. The van der Waals surface area contributed by atoms with Crippen molar-refractivity contribution in [2.45, 2.75) is 46.0 Å². The van der Waals surface area contributed by atoms with E-state index in [-0.39, 0.29) is 5.78 Å². The Kier molecular flexibility index (Phi) is 3.37. The van der Waals surface area contributed by atoms with Gasteiger partial charge in [-0.15, -0.1) is 0 Å². The molecule has 1 aromatic rings. The zero-order valence-corrected chi connectivity index (χ0v) is 10.1. The Bertz CT molecular complexity index is 392. The van der Waals surface area contributed by atoms with Gasteiger partial charge in [0.1, 0.15) is 5.69 Å². The van der Waals surface area contributed by atoms with Crippen LogP contribution in [0.3, 0.4) is 0 Å². The van der Waals surface area contributed by atoms with Gasteiger partial charge in [-0.3, -0.25) is 9.78 Å². The normalized spacial score (nSPS) is 16.6. The molecule has 0 radical (unpaired) electrons. The number of carbonyl (C=O) groups excluding carboxylic acids is 1. The van der Waals surface area contributed by atoms with E-state index in [0.717, 1.165) is 11.1 Å². The van der Waals surface area contributed by atoms with Crippen molar-refractivity contribution in [2.24, 2.45) is 5.92 Å². The van der Waals surface area contributed by atoms with Crippen molar-refractivity contribution in [3.8, 4) is 0 Å². The van der Waals surface area contributed by atoms with Crippen molar-refractivity contribution in [3.63, 3.8) is 0 Å². The molecular formula is C14H19NO. The van der Waals surface area contributed by atoms with Crippen LogP contribution in [-0.2, 0) is 0 Å². The second kappa shape index (κ2) is 4.77. The number of rotatable bonds is 3. The maximum atomic E-state index is 12.1. The van der Waals surface area contributed by atoms with Crippen LogP contribution >= 0.6 is 0 Å². The van der Waals surface area contributed by atoms with Gasteiger partial charge in [0.2, 0.25) is 0 Å². The fraction of sp³-hybridized carbons (Fsp3) is 0.571. The molecule has 0 aromatic carbocycles. The second-order valence-corrected chi connectivity index (χ2v) is 4.96. The smallest absolute Gasteiger partial charge is 0.181 e. The fourth-order valence-corrected chi connectivity index (χ4v) is 2.58. The number of hydrogen-bond acceptors (Lipinski definition) is 2. The fourth-order valence-electron chi connectivity index (χ4n) is 2.58. The molecule has 86 valence electrons. The maximum absolute atomic E-state index is 12.1. The van der Waals surface area contributed by atoms with Crippen molar-refractivity contribution in [3.05, 3.63) is 29.1 Å². The summed E-state index contributed by atoms with van der Waals surface area (Å²) in [6, 6.07) is 2.04. The third kappa shape index (κ3) is 2.49. The summed E-state index contributed by atoms with van der Waals surface area (Å²) in [4.78, 5) is 16.3. The Morgan fingerprint density at radius 1 is 1.38 bits per heavy atom. The molecule has 2 heteroatoms. The van der Waals surface area contributed by atoms with Gasteiger partial charge in [-0.1, -0.05) is 31.7 Å². The highest BCUT2D eigenvalue weighted by Crippen LogP contribution is 2.28. The Hall–Kier alpha value is -1.18. The summed E-state index contributed by atoms with van der Waals surface area (Å²) in [6.07, 6.45) is 7.50. The van der Waals surface area contributed by atoms with Gasteiger partial charge in [0.05, 0.1) is 0 Å². The molecule has 1 aliphatic carbocycles. The predicted octanol–water partition coefficient (Wildman–Crippen LogP) is 3.46. The first-order valence-electron chi connectivity index (χ1n) is 6.13. The molecule has 16 heavy (non-hydrogen) atoms. The van der Waals surface area contributed by atoms with E-state index in [2.05, 4.69) is 4.98 Å². The van der Waals surface area contributed by atoms with Crippen molar-refractivity contribution in [1.29, 1.82) is 0 Å². The third-order valence-electron chi connectivity index (χ3n) is 3.43. The SMILES string of the molecule is Cc1cnc(C(=O)CC2CCCC2)c(C)c1. The largest absolute Gasteiger partial charge is 0.292 e. The van der Waals surface area contributed by atoms with Crippen LogP contribution < -0.4 is 0 Å². The molecule has 1 aliphatic rings. The Labute approximate surface area is 97.1 Å². The minimum absolute atomic E-state index is 0.226. The molecule has 0 saturated heterocycles. The van der Waals surface area contributed by atoms with Crippen molar-refractivity contribution in [1.82, 2.24) is 4.98 Å². The quantitative estimate of drug-likeness (QED) is 0.726. The highest BCUT2D eigenvalue weighted by Gasteiger charge is 2.20. The lowest BCUT2D eigenvalue weighted by atomic mass is 9.97. The summed E-state index contributed by atoms with van der Waals surface area (Å²) in [6.45, 7) is 3.98. The van der Waals surface area contributed by atoms with Gasteiger partial charge in [-0.25, -0.2) is 0 Å². The van der Waals surface area contributed by atoms with Gasteiger partial charge in [0.15, 0.2) is 5.78 Å². The number of Topliss-reactive ketones (excluding diaryl/α,β-unsaturated/α-hetero) is 1. The van der Waals surface area contributed by atoms with Crippen molar-refractivity contribution >= 4 is 5.78 Å². The van der Waals surface area contributed by atoms with E-state index in [4.69, 9.17) is 0 Å². The van der Waals surface area contributed by atoms with Crippen LogP contribution in [0.4, 0.5) is 0 Å². The van der Waals surface area contributed by atoms with E-state index in [9.17, 15) is 4.79 Å². The monoisotopic (exact) mass is 217 g/mol. The van der Waals surface area contributed by atoms with Gasteiger partial charge in [0.25, 0.3) is 0 Å². The molecule has 1 fully saturated rings. The molecule has 1 heterocycles. The average Bonchev–Trinajstić information content (AvgIpc) is 2.70. The maximum Gasteiger partial charge on any atom is 0.181 e. The molecule has 1 saturated carbocycles. The van der Waals surface area contributed by atoms with E-state index in [1.165, 1.54) is 25.7 Å². The number of pyridine rings is 1. The number of hydrogen-bond donors (Lipinski definition) is 0. The Balaban J connectivity index is 2.08. The molecule has 0 spiro atoms. The number of ketones is 1. The van der Waals surface area contributed by atoms with E-state index < -0.39 is 0 Å². The molecule has 1 aromatic heterocycles. The molecule has 0 unspecified atom stereocenters. The molecule has 0 amide bonds. The summed E-state index contributed by atoms with van der Waals surface area (Å²) in [5, 5.41) is 0. The lowest BCUT2D eigenvalue weighted by Crippen LogP contribution is -2.09. The molecule has 2 rings (SSSR count). The minimum atomic E-state index is 0.226. The van der Waals surface area contributed by atoms with Crippen LogP contribution in [0.2, 0.25) is 0 Å². The molecule has 0 N–H and O–H groups in total. The van der Waals surface area contributed by atoms with Crippen LogP contribution in [0.15, 0.2) is 12.3 Å². The van der Waals surface area contributed by atoms with Crippen LogP contribution in [0.5, 0.6) is 0 Å². The van der Waals surface area contributed by atoms with E-state index in [0.29, 0.717) is 18.0 Å². The Morgan fingerprint density at radius 2 is 2.06 bits per heavy atom. The molecule has 2 nitrogen and oxygen atoms in total. The zero-order valence-electron chi connectivity index (χ0n) is 10.1. The summed E-state index contributed by atoms with van der Waals surface area (Å²) in [5.41, 5.74) is 2.82. The number of nitrogens with zero attached hydrogens (tertiary/aromatic N) is 1. The van der Waals surface area contributed by atoms with Gasteiger partial charge >= 0.3 is 0 Å². The first-order valence-corrected chi connectivity index (χ1v) is 6.13. The highest BCUT2D eigenvalue weighted by atomic mass is 16.1. The van der Waals surface area contributed by atoms with Crippen LogP contribution in [0.25, 0.3) is 0 Å². The van der Waals surface area contributed by atoms with Gasteiger partial charge < -0.3 is 0 Å². The average molecular weight is 217 g/mol. The highest BCUT2D eigenvalue weighted by molar-refractivity contribution is 5.95. The lowest BCUT2D eigenvalue weighted by Gasteiger charge is -2.09. The summed E-state index contributed by atoms with van der Waals surface area (Å²) < 4.78 is 0. The van der Waals surface area contributed by atoms with Crippen LogP contribution in [-0.4, -0.2) is 10.8 Å². The second-order valence-electron chi connectivity index (χ2n) is 4.96. The number of carbonyl (C=O) groups is 1. The van der Waals surface area contributed by atoms with Crippen LogP contribution in [0, 0.1) is 19.8 Å². The van der Waals surface area contributed by atoms with Crippen molar-refractivity contribution < 1.29 is 4.79 Å². The van der Waals surface area contributed by atoms with E-state index in [1.54, 1.807) is 6.20 Å². The van der Waals surface area contributed by atoms with E-state index >= 15 is 0 Å². The van der Waals surface area contributed by atoms with Crippen molar-refractivity contribution in [2.75, 3.05) is 0 Å².